The maximum Gasteiger partial charge on any atom is 0.307 e. The van der Waals surface area contributed by atoms with E-state index < -0.39 is 17.0 Å². The molecule has 0 saturated heterocycles. The molecule has 4 rings (SSSR count). The highest BCUT2D eigenvalue weighted by atomic mass is 32.2. The first kappa shape index (κ1) is 26.4. The van der Waals surface area contributed by atoms with Crippen LogP contribution in [0, 0.1) is 0 Å². The predicted octanol–water partition coefficient (Wildman–Crippen LogP) is 5.26. The zero-order valence-electron chi connectivity index (χ0n) is 21.2. The molecular weight excluding hydrogens is 492 g/mol. The topological polar surface area (TPSA) is 111 Å². The predicted molar refractivity (Wildman–Crippen MR) is 143 cm³/mol. The third-order valence-corrected chi connectivity index (χ3v) is 7.26. The van der Waals surface area contributed by atoms with Crippen LogP contribution in [0.3, 0.4) is 0 Å². The van der Waals surface area contributed by atoms with Crippen molar-refractivity contribution in [2.24, 2.45) is 0 Å². The number of aromatic nitrogens is 1. The van der Waals surface area contributed by atoms with Crippen LogP contribution in [-0.2, 0) is 35.4 Å². The molecule has 0 amide bonds. The van der Waals surface area contributed by atoms with Gasteiger partial charge in [0.1, 0.15) is 23.7 Å². The van der Waals surface area contributed by atoms with Gasteiger partial charge >= 0.3 is 5.97 Å². The Kier molecular flexibility index (Phi) is 7.94. The van der Waals surface area contributed by atoms with Gasteiger partial charge in [-0.25, -0.2) is 8.93 Å². The third-order valence-electron chi connectivity index (χ3n) is 5.74. The number of rotatable bonds is 10. The van der Waals surface area contributed by atoms with Gasteiger partial charge in [0.25, 0.3) is 0 Å². The Bertz CT molecular complexity index is 1440. The first-order valence-electron chi connectivity index (χ1n) is 11.8. The van der Waals surface area contributed by atoms with Crippen LogP contribution in [0.15, 0.2) is 65.4 Å². The first-order valence-corrected chi connectivity index (χ1v) is 12.9. The molecule has 1 unspecified atom stereocenters. The molecule has 2 aromatic heterocycles. The van der Waals surface area contributed by atoms with E-state index >= 15 is 0 Å². The summed E-state index contributed by atoms with van der Waals surface area (Å²) in [7, 11) is 0.360. The molecule has 4 aromatic rings. The summed E-state index contributed by atoms with van der Waals surface area (Å²) in [5.74, 6) is 0.0916. The number of nitrogens with one attached hydrogen (secondary N) is 1. The first-order chi connectivity index (χ1) is 17.6. The average molecular weight is 523 g/mol. The van der Waals surface area contributed by atoms with Gasteiger partial charge in [0, 0.05) is 28.8 Å². The molecule has 2 heterocycles. The third kappa shape index (κ3) is 6.55. The Hall–Kier alpha value is -3.69. The molecule has 0 radical (unpaired) electrons. The molecule has 194 valence electrons. The number of carbonyl (C=O) groups is 1. The van der Waals surface area contributed by atoms with Crippen molar-refractivity contribution >= 4 is 27.9 Å². The molecule has 2 N–H and O–H groups in total. The Labute approximate surface area is 218 Å². The van der Waals surface area contributed by atoms with Gasteiger partial charge in [-0.05, 0) is 62.2 Å². The van der Waals surface area contributed by atoms with E-state index in [-0.39, 0.29) is 17.8 Å². The number of furan rings is 1. The Morgan fingerprint density at radius 1 is 1.08 bits per heavy atom. The normalized spacial score (nSPS) is 12.4. The van der Waals surface area contributed by atoms with Crippen LogP contribution < -0.4 is 14.2 Å². The molecule has 0 fully saturated rings. The molecule has 37 heavy (non-hydrogen) atoms. The monoisotopic (exact) mass is 522 g/mol. The second-order valence-electron chi connectivity index (χ2n) is 9.54. The molecule has 9 heteroatoms. The van der Waals surface area contributed by atoms with Crippen molar-refractivity contribution in [2.75, 3.05) is 7.11 Å². The van der Waals surface area contributed by atoms with E-state index in [9.17, 15) is 14.1 Å². The molecule has 0 bridgehead atoms. The van der Waals surface area contributed by atoms with Crippen LogP contribution >= 0.6 is 0 Å². The number of pyridine rings is 1. The molecule has 0 aliphatic heterocycles. The van der Waals surface area contributed by atoms with Crippen LogP contribution in [0.2, 0.25) is 0 Å². The minimum atomic E-state index is -1.19. The molecule has 1 atom stereocenters. The van der Waals surface area contributed by atoms with Crippen molar-refractivity contribution < 1.29 is 28.0 Å². The van der Waals surface area contributed by atoms with Crippen LogP contribution in [0.5, 0.6) is 11.5 Å². The number of nitrogens with zero attached hydrogens (tertiary/aromatic N) is 1. The molecule has 0 aliphatic rings. The fourth-order valence-electron chi connectivity index (χ4n) is 3.74. The quantitative estimate of drug-likeness (QED) is 0.292. The smallest absolute Gasteiger partial charge is 0.307 e. The summed E-state index contributed by atoms with van der Waals surface area (Å²) in [6, 6.07) is 14.9. The van der Waals surface area contributed by atoms with Gasteiger partial charge in [0.15, 0.2) is 0 Å². The fourth-order valence-corrected chi connectivity index (χ4v) is 4.46. The van der Waals surface area contributed by atoms with Crippen molar-refractivity contribution in [3.05, 3.63) is 77.8 Å². The van der Waals surface area contributed by atoms with Crippen LogP contribution in [-0.4, -0.2) is 32.1 Å². The van der Waals surface area contributed by atoms with E-state index in [0.29, 0.717) is 23.6 Å². The van der Waals surface area contributed by atoms with E-state index in [4.69, 9.17) is 13.9 Å². The summed E-state index contributed by atoms with van der Waals surface area (Å²) in [5, 5.41) is 10.1. The zero-order valence-corrected chi connectivity index (χ0v) is 22.1. The SMILES string of the molecule is COc1ccc(CC(=O)O)c(OCc2coc3ccc(-c4ccnc(CNS(=O)C(C)(C)C)c4)cc23)c1. The standard InChI is InChI=1S/C28H30N2O6S/c1-28(2,3)37(33)30-15-22-11-19(9-10-29-22)18-6-8-25-24(12-18)21(16-35-25)17-36-26-14-23(34-4)7-5-20(26)13-27(31)32/h5-12,14,16,30H,13,15,17H2,1-4H3,(H,31,32). The number of ether oxygens (including phenoxy) is 2. The molecule has 0 spiro atoms. The maximum absolute atomic E-state index is 12.3. The summed E-state index contributed by atoms with van der Waals surface area (Å²) in [5.41, 5.74) is 4.85. The zero-order chi connectivity index (χ0) is 26.6. The number of carboxylic acids is 1. The van der Waals surface area contributed by atoms with E-state index in [0.717, 1.165) is 33.4 Å². The molecular formula is C28H30N2O6S. The average Bonchev–Trinajstić information content (AvgIpc) is 3.28. The summed E-state index contributed by atoms with van der Waals surface area (Å²) in [4.78, 5) is 15.7. The van der Waals surface area contributed by atoms with Crippen molar-refractivity contribution in [3.63, 3.8) is 0 Å². The number of aliphatic carboxylic acids is 1. The van der Waals surface area contributed by atoms with Gasteiger partial charge in [-0.15, -0.1) is 0 Å². The van der Waals surface area contributed by atoms with E-state index in [1.165, 1.54) is 0 Å². The number of benzene rings is 2. The van der Waals surface area contributed by atoms with Crippen LogP contribution in [0.4, 0.5) is 0 Å². The van der Waals surface area contributed by atoms with Crippen molar-refractivity contribution in [1.29, 1.82) is 0 Å². The highest BCUT2D eigenvalue weighted by molar-refractivity contribution is 7.84. The summed E-state index contributed by atoms with van der Waals surface area (Å²) >= 11 is 0. The highest BCUT2D eigenvalue weighted by Gasteiger charge is 2.19. The number of methoxy groups -OCH3 is 1. The number of carboxylic acid groups (broad SMARTS) is 1. The maximum atomic E-state index is 12.3. The van der Waals surface area contributed by atoms with Gasteiger partial charge in [-0.3, -0.25) is 9.78 Å². The minimum absolute atomic E-state index is 0.155. The van der Waals surface area contributed by atoms with Gasteiger partial charge in [0.05, 0.1) is 47.8 Å². The van der Waals surface area contributed by atoms with Crippen molar-refractivity contribution in [2.45, 2.75) is 45.1 Å². The van der Waals surface area contributed by atoms with Crippen molar-refractivity contribution in [1.82, 2.24) is 9.71 Å². The number of fused-ring (bicyclic) bond motifs is 1. The summed E-state index contributed by atoms with van der Waals surface area (Å²) < 4.78 is 32.0. The van der Waals surface area contributed by atoms with Crippen LogP contribution in [0.1, 0.15) is 37.6 Å². The second kappa shape index (κ2) is 11.1. The summed E-state index contributed by atoms with van der Waals surface area (Å²) in [6.07, 6.45) is 3.23. The largest absolute Gasteiger partial charge is 0.497 e. The lowest BCUT2D eigenvalue weighted by Gasteiger charge is -2.18. The van der Waals surface area contributed by atoms with E-state index in [1.807, 2.05) is 51.1 Å². The van der Waals surface area contributed by atoms with Gasteiger partial charge in [0.2, 0.25) is 0 Å². The Morgan fingerprint density at radius 2 is 1.86 bits per heavy atom. The van der Waals surface area contributed by atoms with E-state index in [2.05, 4.69) is 9.71 Å². The molecule has 8 nitrogen and oxygen atoms in total. The second-order valence-corrected chi connectivity index (χ2v) is 11.6. The molecule has 2 aromatic carbocycles. The Balaban J connectivity index is 1.55. The fraction of sp³-hybridized carbons (Fsp3) is 0.286. The lowest BCUT2D eigenvalue weighted by atomic mass is 10.0. The number of hydrogen-bond donors (Lipinski definition) is 2. The van der Waals surface area contributed by atoms with Gasteiger partial charge < -0.3 is 19.0 Å². The summed E-state index contributed by atoms with van der Waals surface area (Å²) in [6.45, 7) is 6.35. The van der Waals surface area contributed by atoms with Crippen molar-refractivity contribution in [3.8, 4) is 22.6 Å². The minimum Gasteiger partial charge on any atom is -0.497 e. The van der Waals surface area contributed by atoms with Gasteiger partial charge in [-0.1, -0.05) is 12.1 Å². The van der Waals surface area contributed by atoms with Gasteiger partial charge in [-0.2, -0.15) is 0 Å². The Morgan fingerprint density at radius 3 is 2.59 bits per heavy atom. The van der Waals surface area contributed by atoms with E-state index in [1.54, 1.807) is 37.8 Å². The number of hydrogen-bond acceptors (Lipinski definition) is 6. The molecule has 0 saturated carbocycles. The lowest BCUT2D eigenvalue weighted by Crippen LogP contribution is -2.33. The molecule has 0 aliphatic carbocycles. The lowest BCUT2D eigenvalue weighted by molar-refractivity contribution is -0.136. The van der Waals surface area contributed by atoms with Crippen LogP contribution in [0.25, 0.3) is 22.1 Å². The highest BCUT2D eigenvalue weighted by Crippen LogP contribution is 2.31.